The number of nitrogens with zero attached hydrogens (tertiary/aromatic N) is 1. The maximum Gasteiger partial charge on any atom is 0.335 e. The Morgan fingerprint density at radius 2 is 1.65 bits per heavy atom. The smallest absolute Gasteiger partial charge is 0.335 e. The predicted octanol–water partition coefficient (Wildman–Crippen LogP) is 4.07. The van der Waals surface area contributed by atoms with E-state index in [-0.39, 0.29) is 18.0 Å². The molecule has 0 spiro atoms. The van der Waals surface area contributed by atoms with Crippen LogP contribution in [0.1, 0.15) is 11.1 Å². The minimum Gasteiger partial charge on any atom is -0.489 e. The first kappa shape index (κ1) is 20.0. The predicted molar refractivity (Wildman–Crippen MR) is 113 cm³/mol. The normalized spacial score (nSPS) is 15.2. The molecule has 0 bridgehead atoms. The Morgan fingerprint density at radius 3 is 2.39 bits per heavy atom. The summed E-state index contributed by atoms with van der Waals surface area (Å²) < 4.78 is 18.7. The van der Waals surface area contributed by atoms with Crippen molar-refractivity contribution in [1.82, 2.24) is 5.32 Å². The van der Waals surface area contributed by atoms with Crippen LogP contribution < -0.4 is 15.0 Å². The highest BCUT2D eigenvalue weighted by molar-refractivity contribution is 6.39. The summed E-state index contributed by atoms with van der Waals surface area (Å²) in [6.07, 6.45) is 1.41. The van der Waals surface area contributed by atoms with Gasteiger partial charge in [-0.05, 0) is 53.6 Å². The topological polar surface area (TPSA) is 75.7 Å². The number of urea groups is 1. The molecule has 0 aliphatic carbocycles. The van der Waals surface area contributed by atoms with E-state index in [4.69, 9.17) is 4.74 Å². The Hall–Kier alpha value is -4.26. The molecule has 1 heterocycles. The molecule has 0 atom stereocenters. The van der Waals surface area contributed by atoms with Crippen molar-refractivity contribution in [2.24, 2.45) is 0 Å². The highest BCUT2D eigenvalue weighted by atomic mass is 19.1. The molecule has 1 aliphatic heterocycles. The molecule has 6 nitrogen and oxygen atoms in total. The van der Waals surface area contributed by atoms with Crippen molar-refractivity contribution in [3.63, 3.8) is 0 Å². The summed E-state index contributed by atoms with van der Waals surface area (Å²) >= 11 is 0. The summed E-state index contributed by atoms with van der Waals surface area (Å²) in [4.78, 5) is 38.3. The van der Waals surface area contributed by atoms with Gasteiger partial charge < -0.3 is 4.74 Å². The van der Waals surface area contributed by atoms with Gasteiger partial charge in [0.2, 0.25) is 0 Å². The number of barbiturate groups is 1. The summed E-state index contributed by atoms with van der Waals surface area (Å²) in [6.45, 7) is 0.232. The van der Waals surface area contributed by atoms with E-state index in [0.29, 0.717) is 17.0 Å². The lowest BCUT2D eigenvalue weighted by molar-refractivity contribution is -0.122. The third-order valence-corrected chi connectivity index (χ3v) is 4.60. The molecule has 154 valence electrons. The van der Waals surface area contributed by atoms with Crippen LogP contribution in [0.15, 0.2) is 84.4 Å². The lowest BCUT2D eigenvalue weighted by Crippen LogP contribution is -2.54. The van der Waals surface area contributed by atoms with Gasteiger partial charge in [0.15, 0.2) is 0 Å². The summed E-state index contributed by atoms with van der Waals surface area (Å²) in [6, 6.07) is 20.3. The molecule has 1 fully saturated rings. The third kappa shape index (κ3) is 4.51. The number of imide groups is 2. The van der Waals surface area contributed by atoms with Gasteiger partial charge in [-0.2, -0.15) is 0 Å². The molecule has 0 radical (unpaired) electrons. The molecule has 3 aromatic rings. The highest BCUT2D eigenvalue weighted by Crippen LogP contribution is 2.23. The van der Waals surface area contributed by atoms with Crippen molar-refractivity contribution in [2.45, 2.75) is 6.61 Å². The van der Waals surface area contributed by atoms with Gasteiger partial charge in [-0.15, -0.1) is 0 Å². The number of ether oxygens (including phenoxy) is 1. The molecule has 0 aromatic heterocycles. The van der Waals surface area contributed by atoms with Gasteiger partial charge in [-0.25, -0.2) is 14.1 Å². The fourth-order valence-corrected chi connectivity index (χ4v) is 3.08. The summed E-state index contributed by atoms with van der Waals surface area (Å²) in [5.74, 6) is -1.29. The number of anilines is 1. The number of hydrogen-bond donors (Lipinski definition) is 1. The quantitative estimate of drug-likeness (QED) is 0.503. The maximum absolute atomic E-state index is 13.0. The first-order chi connectivity index (χ1) is 15.0. The summed E-state index contributed by atoms with van der Waals surface area (Å²) in [7, 11) is 0. The second-order valence-corrected chi connectivity index (χ2v) is 6.78. The minimum absolute atomic E-state index is 0.167. The van der Waals surface area contributed by atoms with Crippen LogP contribution in [-0.4, -0.2) is 17.8 Å². The Morgan fingerprint density at radius 1 is 0.903 bits per heavy atom. The Bertz CT molecular complexity index is 1170. The summed E-state index contributed by atoms with van der Waals surface area (Å²) in [5.41, 5.74) is 1.54. The van der Waals surface area contributed by atoms with E-state index in [1.165, 1.54) is 18.2 Å². The molecule has 0 saturated carbocycles. The van der Waals surface area contributed by atoms with Crippen LogP contribution in [0.4, 0.5) is 14.9 Å². The molecule has 4 rings (SSSR count). The van der Waals surface area contributed by atoms with Gasteiger partial charge in [-0.3, -0.25) is 14.9 Å². The van der Waals surface area contributed by atoms with Crippen molar-refractivity contribution in [3.05, 3.63) is 101 Å². The van der Waals surface area contributed by atoms with Crippen LogP contribution in [0.3, 0.4) is 0 Å². The zero-order valence-electron chi connectivity index (χ0n) is 16.2. The number of carbonyl (C=O) groups excluding carboxylic acids is 3. The van der Waals surface area contributed by atoms with E-state index in [2.05, 4.69) is 5.32 Å². The van der Waals surface area contributed by atoms with E-state index in [1.807, 2.05) is 0 Å². The van der Waals surface area contributed by atoms with E-state index in [1.54, 1.807) is 66.7 Å². The fraction of sp³-hybridized carbons (Fsp3) is 0.0417. The number of hydrogen-bond acceptors (Lipinski definition) is 4. The second kappa shape index (κ2) is 8.62. The molecular formula is C24H17FN2O4. The van der Waals surface area contributed by atoms with Gasteiger partial charge >= 0.3 is 6.03 Å². The standard InChI is InChI=1S/C24H17FN2O4/c25-18-11-9-16(10-12-18)15-31-20-8-4-5-17(13-20)14-21-22(28)26-24(30)27(23(21)29)19-6-2-1-3-7-19/h1-14H,15H2,(H,26,28,30). The minimum atomic E-state index is -0.797. The SMILES string of the molecule is O=C1NC(=O)N(c2ccccc2)C(=O)C1=Cc1cccc(OCc2ccc(F)cc2)c1. The lowest BCUT2D eigenvalue weighted by atomic mass is 10.1. The molecule has 0 unspecified atom stereocenters. The molecule has 31 heavy (non-hydrogen) atoms. The van der Waals surface area contributed by atoms with E-state index >= 15 is 0 Å². The van der Waals surface area contributed by atoms with Crippen LogP contribution in [0, 0.1) is 5.82 Å². The van der Waals surface area contributed by atoms with Crippen molar-refractivity contribution >= 4 is 29.6 Å². The van der Waals surface area contributed by atoms with Crippen molar-refractivity contribution in [3.8, 4) is 5.75 Å². The zero-order valence-corrected chi connectivity index (χ0v) is 16.2. The molecular weight excluding hydrogens is 399 g/mol. The van der Waals surface area contributed by atoms with Crippen LogP contribution in [-0.2, 0) is 16.2 Å². The van der Waals surface area contributed by atoms with Crippen molar-refractivity contribution < 1.29 is 23.5 Å². The average molecular weight is 416 g/mol. The average Bonchev–Trinajstić information content (AvgIpc) is 2.77. The first-order valence-corrected chi connectivity index (χ1v) is 9.45. The summed E-state index contributed by atoms with van der Waals surface area (Å²) in [5, 5.41) is 2.19. The number of benzene rings is 3. The number of halogens is 1. The van der Waals surface area contributed by atoms with Crippen LogP contribution in [0.5, 0.6) is 5.75 Å². The Balaban J connectivity index is 1.56. The van der Waals surface area contributed by atoms with Gasteiger partial charge in [-0.1, -0.05) is 42.5 Å². The Kier molecular flexibility index (Phi) is 5.57. The highest BCUT2D eigenvalue weighted by Gasteiger charge is 2.36. The first-order valence-electron chi connectivity index (χ1n) is 9.45. The molecule has 1 N–H and O–H groups in total. The molecule has 4 amide bonds. The van der Waals surface area contributed by atoms with Gasteiger partial charge in [0.1, 0.15) is 23.7 Å². The third-order valence-electron chi connectivity index (χ3n) is 4.60. The Labute approximate surface area is 177 Å². The number of rotatable bonds is 5. The van der Waals surface area contributed by atoms with Crippen LogP contribution >= 0.6 is 0 Å². The monoisotopic (exact) mass is 416 g/mol. The maximum atomic E-state index is 13.0. The second-order valence-electron chi connectivity index (χ2n) is 6.78. The zero-order chi connectivity index (χ0) is 21.8. The molecule has 3 aromatic carbocycles. The van der Waals surface area contributed by atoms with Crippen molar-refractivity contribution in [2.75, 3.05) is 4.90 Å². The van der Waals surface area contributed by atoms with Gasteiger partial charge in [0.05, 0.1) is 5.69 Å². The number of para-hydroxylation sites is 1. The molecule has 1 aliphatic rings. The van der Waals surface area contributed by atoms with Crippen molar-refractivity contribution in [1.29, 1.82) is 0 Å². The van der Waals surface area contributed by atoms with E-state index in [0.717, 1.165) is 10.5 Å². The lowest BCUT2D eigenvalue weighted by Gasteiger charge is -2.26. The number of amides is 4. The molecule has 1 saturated heterocycles. The van der Waals surface area contributed by atoms with Gasteiger partial charge in [0.25, 0.3) is 11.8 Å². The van der Waals surface area contributed by atoms with E-state index in [9.17, 15) is 18.8 Å². The van der Waals surface area contributed by atoms with Gasteiger partial charge in [0, 0.05) is 0 Å². The number of nitrogens with one attached hydrogen (secondary N) is 1. The molecule has 7 heteroatoms. The van der Waals surface area contributed by atoms with E-state index < -0.39 is 17.8 Å². The fourth-order valence-electron chi connectivity index (χ4n) is 3.08. The van der Waals surface area contributed by atoms with Crippen LogP contribution in [0.2, 0.25) is 0 Å². The number of carbonyl (C=O) groups is 3. The van der Waals surface area contributed by atoms with Crippen LogP contribution in [0.25, 0.3) is 6.08 Å². The largest absolute Gasteiger partial charge is 0.489 e.